The van der Waals surface area contributed by atoms with Crippen LogP contribution < -0.4 is 5.73 Å². The van der Waals surface area contributed by atoms with E-state index in [1.165, 1.54) is 17.1 Å². The summed E-state index contributed by atoms with van der Waals surface area (Å²) in [6, 6.07) is -0.648. The lowest BCUT2D eigenvalue weighted by Crippen LogP contribution is -2.24. The second-order valence-corrected chi connectivity index (χ2v) is 5.02. The van der Waals surface area contributed by atoms with Gasteiger partial charge in [0.2, 0.25) is 5.91 Å². The minimum Gasteiger partial charge on any atom is -0.368 e. The van der Waals surface area contributed by atoms with Crippen LogP contribution in [0.15, 0.2) is 17.3 Å². The molecular weight excluding hydrogens is 206 g/mol. The van der Waals surface area contributed by atoms with Gasteiger partial charge in [0.1, 0.15) is 10.9 Å². The van der Waals surface area contributed by atoms with Gasteiger partial charge in [-0.3, -0.25) is 9.48 Å². The summed E-state index contributed by atoms with van der Waals surface area (Å²) in [7, 11) is -3.28. The molecule has 0 aromatic carbocycles. The van der Waals surface area contributed by atoms with Gasteiger partial charge in [0.05, 0.1) is 6.20 Å². The number of carbonyl (C=O) groups is 1. The summed E-state index contributed by atoms with van der Waals surface area (Å²) in [6.45, 7) is 1.54. The molecule has 0 bridgehead atoms. The Labute approximate surface area is 81.6 Å². The van der Waals surface area contributed by atoms with Crippen molar-refractivity contribution in [1.82, 2.24) is 9.78 Å². The minimum absolute atomic E-state index is 0.0746. The van der Waals surface area contributed by atoms with Crippen LogP contribution in [0.3, 0.4) is 0 Å². The topological polar surface area (TPSA) is 95.0 Å². The maximum atomic E-state index is 11.1. The van der Waals surface area contributed by atoms with Crippen molar-refractivity contribution >= 4 is 15.7 Å². The van der Waals surface area contributed by atoms with E-state index in [0.29, 0.717) is 0 Å². The fraction of sp³-hybridized carbons (Fsp3) is 0.429. The van der Waals surface area contributed by atoms with E-state index in [2.05, 4.69) is 5.10 Å². The highest BCUT2D eigenvalue weighted by atomic mass is 32.2. The normalized spacial score (nSPS) is 13.9. The fourth-order valence-corrected chi connectivity index (χ4v) is 1.39. The van der Waals surface area contributed by atoms with E-state index in [0.717, 1.165) is 6.26 Å². The molecule has 1 aromatic rings. The van der Waals surface area contributed by atoms with Gasteiger partial charge >= 0.3 is 0 Å². The number of rotatable bonds is 3. The Morgan fingerprint density at radius 3 is 2.57 bits per heavy atom. The predicted molar refractivity (Wildman–Crippen MR) is 49.2 cm³/mol. The lowest BCUT2D eigenvalue weighted by Gasteiger charge is -2.05. The third-order valence-corrected chi connectivity index (χ3v) is 2.88. The van der Waals surface area contributed by atoms with Gasteiger partial charge in [-0.15, -0.1) is 0 Å². The highest BCUT2D eigenvalue weighted by Gasteiger charge is 2.15. The van der Waals surface area contributed by atoms with Crippen LogP contribution in [0.2, 0.25) is 0 Å². The van der Waals surface area contributed by atoms with Gasteiger partial charge in [-0.25, -0.2) is 8.42 Å². The van der Waals surface area contributed by atoms with Crippen LogP contribution in [0.5, 0.6) is 0 Å². The van der Waals surface area contributed by atoms with Crippen LogP contribution >= 0.6 is 0 Å². The third kappa shape index (κ3) is 2.11. The molecule has 0 spiro atoms. The summed E-state index contributed by atoms with van der Waals surface area (Å²) in [5.74, 6) is -0.562. The average molecular weight is 217 g/mol. The number of sulfone groups is 1. The van der Waals surface area contributed by atoms with E-state index in [-0.39, 0.29) is 4.90 Å². The molecule has 1 rings (SSSR count). The summed E-state index contributed by atoms with van der Waals surface area (Å²) in [6.07, 6.45) is 3.54. The molecule has 0 saturated heterocycles. The second-order valence-electron chi connectivity index (χ2n) is 3.01. The zero-order valence-corrected chi connectivity index (χ0v) is 8.65. The molecule has 0 fully saturated rings. The van der Waals surface area contributed by atoms with Gasteiger partial charge in [0, 0.05) is 12.5 Å². The molecule has 1 unspecified atom stereocenters. The number of amides is 1. The molecule has 0 aliphatic heterocycles. The first-order valence-corrected chi connectivity index (χ1v) is 5.75. The van der Waals surface area contributed by atoms with Gasteiger partial charge < -0.3 is 5.73 Å². The number of primary amides is 1. The quantitative estimate of drug-likeness (QED) is 0.726. The third-order valence-electron chi connectivity index (χ3n) is 1.81. The van der Waals surface area contributed by atoms with Gasteiger partial charge in [0.15, 0.2) is 9.84 Å². The first-order chi connectivity index (χ1) is 6.32. The van der Waals surface area contributed by atoms with E-state index in [4.69, 9.17) is 5.73 Å². The zero-order valence-electron chi connectivity index (χ0n) is 7.84. The van der Waals surface area contributed by atoms with E-state index in [1.54, 1.807) is 6.92 Å². The van der Waals surface area contributed by atoms with Crippen molar-refractivity contribution in [2.75, 3.05) is 6.26 Å². The lowest BCUT2D eigenvalue weighted by molar-refractivity contribution is -0.120. The van der Waals surface area contributed by atoms with Gasteiger partial charge in [-0.05, 0) is 6.92 Å². The molecule has 78 valence electrons. The first kappa shape index (κ1) is 10.7. The van der Waals surface area contributed by atoms with Crippen molar-refractivity contribution in [1.29, 1.82) is 0 Å². The Morgan fingerprint density at radius 2 is 2.21 bits per heavy atom. The number of aromatic nitrogens is 2. The van der Waals surface area contributed by atoms with Crippen molar-refractivity contribution in [2.24, 2.45) is 5.73 Å². The molecule has 0 radical (unpaired) electrons. The van der Waals surface area contributed by atoms with Crippen LogP contribution in [0.1, 0.15) is 13.0 Å². The summed E-state index contributed by atoms with van der Waals surface area (Å²) in [5, 5.41) is 3.74. The second kappa shape index (κ2) is 3.41. The maximum absolute atomic E-state index is 11.1. The van der Waals surface area contributed by atoms with Gasteiger partial charge in [0.25, 0.3) is 0 Å². The number of nitrogens with zero attached hydrogens (tertiary/aromatic N) is 2. The van der Waals surface area contributed by atoms with Crippen molar-refractivity contribution < 1.29 is 13.2 Å². The van der Waals surface area contributed by atoms with E-state index >= 15 is 0 Å². The summed E-state index contributed by atoms with van der Waals surface area (Å²) >= 11 is 0. The highest BCUT2D eigenvalue weighted by molar-refractivity contribution is 7.90. The summed E-state index contributed by atoms with van der Waals surface area (Å²) in [4.78, 5) is 10.8. The van der Waals surface area contributed by atoms with Crippen LogP contribution in [0.4, 0.5) is 0 Å². The molecule has 6 nitrogen and oxygen atoms in total. The Balaban J connectivity index is 3.06. The molecule has 1 atom stereocenters. The maximum Gasteiger partial charge on any atom is 0.241 e. The van der Waals surface area contributed by atoms with Crippen molar-refractivity contribution in [2.45, 2.75) is 17.9 Å². The summed E-state index contributed by atoms with van der Waals surface area (Å²) < 4.78 is 23.4. The number of carbonyl (C=O) groups excluding carboxylic acids is 1. The minimum atomic E-state index is -3.28. The van der Waals surface area contributed by atoms with Crippen molar-refractivity contribution in [3.63, 3.8) is 0 Å². The fourth-order valence-electron chi connectivity index (χ4n) is 0.854. The van der Waals surface area contributed by atoms with E-state index < -0.39 is 21.8 Å². The molecular formula is C7H11N3O3S. The van der Waals surface area contributed by atoms with Crippen LogP contribution in [-0.2, 0) is 14.6 Å². The standard InChI is InChI=1S/C7H11N3O3S/c1-5(7(8)11)10-4-6(3-9-10)14(2,12)13/h3-5H,1-2H3,(H2,8,11). The van der Waals surface area contributed by atoms with Crippen molar-refractivity contribution in [3.8, 4) is 0 Å². The number of hydrogen-bond donors (Lipinski definition) is 1. The molecule has 1 aromatic heterocycles. The predicted octanol–water partition coefficient (Wildman–Crippen LogP) is -0.667. The Kier molecular flexibility index (Phi) is 2.61. The Morgan fingerprint density at radius 1 is 1.64 bits per heavy atom. The molecule has 7 heteroatoms. The van der Waals surface area contributed by atoms with Crippen molar-refractivity contribution in [3.05, 3.63) is 12.4 Å². The zero-order chi connectivity index (χ0) is 10.9. The lowest BCUT2D eigenvalue weighted by atomic mass is 10.3. The number of hydrogen-bond acceptors (Lipinski definition) is 4. The van der Waals surface area contributed by atoms with Crippen LogP contribution in [0.25, 0.3) is 0 Å². The molecule has 1 heterocycles. The molecule has 1 amide bonds. The van der Waals surface area contributed by atoms with Crippen LogP contribution in [-0.4, -0.2) is 30.4 Å². The monoisotopic (exact) mass is 217 g/mol. The molecule has 0 aliphatic carbocycles. The smallest absolute Gasteiger partial charge is 0.241 e. The highest BCUT2D eigenvalue weighted by Crippen LogP contribution is 2.10. The van der Waals surface area contributed by atoms with Crippen LogP contribution in [0, 0.1) is 0 Å². The largest absolute Gasteiger partial charge is 0.368 e. The van der Waals surface area contributed by atoms with Gasteiger partial charge in [-0.2, -0.15) is 5.10 Å². The molecule has 2 N–H and O–H groups in total. The Bertz CT molecular complexity index is 449. The van der Waals surface area contributed by atoms with E-state index in [1.807, 2.05) is 0 Å². The summed E-state index contributed by atoms with van der Waals surface area (Å²) in [5.41, 5.74) is 5.04. The van der Waals surface area contributed by atoms with E-state index in [9.17, 15) is 13.2 Å². The average Bonchev–Trinajstić information content (AvgIpc) is 2.49. The Hall–Kier alpha value is -1.37. The molecule has 14 heavy (non-hydrogen) atoms. The number of nitrogens with two attached hydrogens (primary N) is 1. The molecule has 0 saturated carbocycles. The SMILES string of the molecule is CC(C(N)=O)n1cc(S(C)(=O)=O)cn1. The molecule has 0 aliphatic rings. The first-order valence-electron chi connectivity index (χ1n) is 3.86. The van der Waals surface area contributed by atoms with Gasteiger partial charge in [-0.1, -0.05) is 0 Å².